The quantitative estimate of drug-likeness (QED) is 0.776. The van der Waals surface area contributed by atoms with Crippen LogP contribution in [-0.2, 0) is 22.5 Å². The Kier molecular flexibility index (Phi) is 6.82. The molecule has 1 atom stereocenters. The highest BCUT2D eigenvalue weighted by atomic mass is 32.2. The first-order chi connectivity index (χ1) is 9.79. The van der Waals surface area contributed by atoms with Crippen LogP contribution in [0.25, 0.3) is 0 Å². The Morgan fingerprint density at radius 3 is 2.60 bits per heavy atom. The van der Waals surface area contributed by atoms with Crippen molar-refractivity contribution < 1.29 is 9.29 Å². The maximum atomic E-state index is 12.1. The lowest BCUT2D eigenvalue weighted by atomic mass is 10.1. The van der Waals surface area contributed by atoms with Crippen molar-refractivity contribution in [2.24, 2.45) is 0 Å². The van der Waals surface area contributed by atoms with E-state index in [1.165, 1.54) is 5.56 Å². The van der Waals surface area contributed by atoms with Crippen LogP contribution in [0.15, 0.2) is 29.2 Å². The molecule has 0 spiro atoms. The van der Waals surface area contributed by atoms with E-state index in [2.05, 4.69) is 28.7 Å². The monoisotopic (exact) mass is 296 g/mol. The van der Waals surface area contributed by atoms with E-state index >= 15 is 0 Å². The third-order valence-electron chi connectivity index (χ3n) is 3.44. The Labute approximate surface area is 124 Å². The molecule has 0 radical (unpaired) electrons. The predicted molar refractivity (Wildman–Crippen MR) is 82.1 cm³/mol. The van der Waals surface area contributed by atoms with Crippen molar-refractivity contribution in [1.82, 2.24) is 9.62 Å². The molecule has 1 aromatic rings. The third kappa shape index (κ3) is 5.07. The van der Waals surface area contributed by atoms with E-state index in [1.807, 2.05) is 12.1 Å². The second-order valence-electron chi connectivity index (χ2n) is 5.01. The van der Waals surface area contributed by atoms with Gasteiger partial charge in [0.05, 0.1) is 31.1 Å². The molecule has 1 saturated heterocycles. The normalized spacial score (nSPS) is 18.1. The van der Waals surface area contributed by atoms with E-state index in [0.29, 0.717) is 0 Å². The van der Waals surface area contributed by atoms with Gasteiger partial charge in [-0.25, -0.2) is 0 Å². The lowest BCUT2D eigenvalue weighted by Crippen LogP contribution is -2.41. The summed E-state index contributed by atoms with van der Waals surface area (Å²) in [5, 5.41) is 0. The van der Waals surface area contributed by atoms with E-state index < -0.39 is 11.4 Å². The molecule has 0 aliphatic carbocycles. The van der Waals surface area contributed by atoms with Gasteiger partial charge in [-0.15, -0.1) is 4.72 Å². The Bertz CT molecular complexity index is 380. The Balaban J connectivity index is 1.71. The zero-order valence-electron chi connectivity index (χ0n) is 12.1. The molecule has 1 fully saturated rings. The standard InChI is InChI=1S/C15H24N2O2S/c1-2-3-14-4-6-15(7-5-14)20(18)16-8-9-17-10-12-19-13-11-17/h4-7,16H,2-3,8-13H2,1H3. The van der Waals surface area contributed by atoms with Gasteiger partial charge in [0.2, 0.25) is 0 Å². The molecule has 1 heterocycles. The number of morpholine rings is 1. The van der Waals surface area contributed by atoms with Crippen molar-refractivity contribution in [3.05, 3.63) is 29.8 Å². The van der Waals surface area contributed by atoms with Gasteiger partial charge in [-0.1, -0.05) is 25.5 Å². The number of hydrogen-bond donors (Lipinski definition) is 1. The molecule has 4 nitrogen and oxygen atoms in total. The summed E-state index contributed by atoms with van der Waals surface area (Å²) in [6.07, 6.45) is 2.22. The molecular formula is C15H24N2O2S. The summed E-state index contributed by atoms with van der Waals surface area (Å²) in [5.74, 6) is 0. The van der Waals surface area contributed by atoms with Crippen LogP contribution in [-0.4, -0.2) is 48.8 Å². The summed E-state index contributed by atoms with van der Waals surface area (Å²) >= 11 is -1.11. The molecule has 0 amide bonds. The number of nitrogens with one attached hydrogen (secondary N) is 1. The van der Waals surface area contributed by atoms with Gasteiger partial charge in [-0.2, -0.15) is 0 Å². The number of hydrogen-bond acceptors (Lipinski definition) is 4. The first-order valence-electron chi connectivity index (χ1n) is 7.34. The topological polar surface area (TPSA) is 47.6 Å². The van der Waals surface area contributed by atoms with Crippen LogP contribution in [0.1, 0.15) is 18.9 Å². The molecule has 5 heteroatoms. The van der Waals surface area contributed by atoms with Crippen molar-refractivity contribution in [1.29, 1.82) is 0 Å². The van der Waals surface area contributed by atoms with Gasteiger partial charge >= 0.3 is 0 Å². The van der Waals surface area contributed by atoms with Crippen LogP contribution < -0.4 is 4.72 Å². The molecule has 2 rings (SSSR count). The molecule has 0 saturated carbocycles. The molecule has 1 unspecified atom stereocenters. The Morgan fingerprint density at radius 2 is 1.95 bits per heavy atom. The van der Waals surface area contributed by atoms with Crippen LogP contribution in [0.2, 0.25) is 0 Å². The molecule has 1 aliphatic rings. The van der Waals surface area contributed by atoms with Crippen LogP contribution in [0.4, 0.5) is 0 Å². The zero-order valence-corrected chi connectivity index (χ0v) is 13.0. The summed E-state index contributed by atoms with van der Waals surface area (Å²) in [5.41, 5.74) is 1.31. The van der Waals surface area contributed by atoms with E-state index in [-0.39, 0.29) is 0 Å². The van der Waals surface area contributed by atoms with E-state index in [0.717, 1.165) is 57.1 Å². The molecule has 112 valence electrons. The average Bonchev–Trinajstić information content (AvgIpc) is 2.49. The van der Waals surface area contributed by atoms with Crippen molar-refractivity contribution in [2.75, 3.05) is 39.4 Å². The minimum absolute atomic E-state index is 0.739. The van der Waals surface area contributed by atoms with Crippen LogP contribution in [0, 0.1) is 0 Å². The van der Waals surface area contributed by atoms with E-state index in [1.54, 1.807) is 0 Å². The maximum absolute atomic E-state index is 12.1. The highest BCUT2D eigenvalue weighted by Gasteiger charge is 2.13. The summed E-state index contributed by atoms with van der Waals surface area (Å²) in [6.45, 7) is 7.38. The second kappa shape index (κ2) is 8.64. The summed E-state index contributed by atoms with van der Waals surface area (Å²) in [7, 11) is 0. The molecular weight excluding hydrogens is 272 g/mol. The lowest BCUT2D eigenvalue weighted by Gasteiger charge is -2.26. The fraction of sp³-hybridized carbons (Fsp3) is 0.600. The van der Waals surface area contributed by atoms with Gasteiger partial charge in [0, 0.05) is 19.6 Å². The fourth-order valence-electron chi connectivity index (χ4n) is 2.27. The molecule has 20 heavy (non-hydrogen) atoms. The number of aryl methyl sites for hydroxylation is 1. The maximum Gasteiger partial charge on any atom is 0.173 e. The molecule has 1 aliphatic heterocycles. The average molecular weight is 296 g/mol. The SMILES string of the molecule is CCCc1ccc([S+]([O-])NCCN2CCOCC2)cc1. The van der Waals surface area contributed by atoms with Crippen LogP contribution >= 0.6 is 0 Å². The minimum atomic E-state index is -1.11. The van der Waals surface area contributed by atoms with Crippen molar-refractivity contribution in [3.63, 3.8) is 0 Å². The highest BCUT2D eigenvalue weighted by Crippen LogP contribution is 2.11. The van der Waals surface area contributed by atoms with Crippen LogP contribution in [0.3, 0.4) is 0 Å². The summed E-state index contributed by atoms with van der Waals surface area (Å²) in [6, 6.07) is 8.06. The number of ether oxygens (including phenoxy) is 1. The summed E-state index contributed by atoms with van der Waals surface area (Å²) < 4.78 is 20.5. The van der Waals surface area contributed by atoms with Gasteiger partial charge in [0.1, 0.15) is 0 Å². The molecule has 0 aromatic heterocycles. The highest BCUT2D eigenvalue weighted by molar-refractivity contribution is 7.89. The zero-order chi connectivity index (χ0) is 14.2. The number of nitrogens with zero attached hydrogens (tertiary/aromatic N) is 1. The second-order valence-corrected chi connectivity index (χ2v) is 6.31. The Morgan fingerprint density at radius 1 is 1.25 bits per heavy atom. The number of rotatable bonds is 7. The largest absolute Gasteiger partial charge is 0.593 e. The molecule has 1 N–H and O–H groups in total. The van der Waals surface area contributed by atoms with Gasteiger partial charge in [0.15, 0.2) is 4.90 Å². The van der Waals surface area contributed by atoms with E-state index in [9.17, 15) is 4.55 Å². The third-order valence-corrected chi connectivity index (χ3v) is 4.61. The smallest absolute Gasteiger partial charge is 0.173 e. The van der Waals surface area contributed by atoms with Crippen molar-refractivity contribution in [2.45, 2.75) is 24.7 Å². The van der Waals surface area contributed by atoms with Gasteiger partial charge in [0.25, 0.3) is 0 Å². The first kappa shape index (κ1) is 15.8. The van der Waals surface area contributed by atoms with E-state index in [4.69, 9.17) is 4.74 Å². The molecule has 0 bridgehead atoms. The first-order valence-corrected chi connectivity index (χ1v) is 8.49. The van der Waals surface area contributed by atoms with Crippen molar-refractivity contribution in [3.8, 4) is 0 Å². The minimum Gasteiger partial charge on any atom is -0.593 e. The fourth-order valence-corrected chi connectivity index (χ4v) is 3.10. The van der Waals surface area contributed by atoms with Crippen molar-refractivity contribution >= 4 is 11.4 Å². The Hall–Kier alpha value is -0.590. The summed E-state index contributed by atoms with van der Waals surface area (Å²) in [4.78, 5) is 3.18. The molecule has 1 aromatic carbocycles. The predicted octanol–water partition coefficient (Wildman–Crippen LogP) is 1.58. The lowest BCUT2D eigenvalue weighted by molar-refractivity contribution is 0.0390. The number of benzene rings is 1. The van der Waals surface area contributed by atoms with Crippen LogP contribution in [0.5, 0.6) is 0 Å². The van der Waals surface area contributed by atoms with Gasteiger partial charge < -0.3 is 9.29 Å². The van der Waals surface area contributed by atoms with Gasteiger partial charge in [-0.05, 0) is 24.1 Å². The van der Waals surface area contributed by atoms with Gasteiger partial charge in [-0.3, -0.25) is 4.90 Å².